The molecular weight excluding hydrogens is 462 g/mol. The topological polar surface area (TPSA) is 78.0 Å². The summed E-state index contributed by atoms with van der Waals surface area (Å²) in [5.74, 6) is 0.189. The molecule has 0 spiro atoms. The van der Waals surface area contributed by atoms with Crippen molar-refractivity contribution >= 4 is 27.5 Å². The van der Waals surface area contributed by atoms with Crippen LogP contribution >= 0.6 is 0 Å². The monoisotopic (exact) mass is 495 g/mol. The molecule has 1 aliphatic carbocycles. The first-order valence-electron chi connectivity index (χ1n) is 12.5. The highest BCUT2D eigenvalue weighted by Crippen LogP contribution is 2.40. The number of hydrogen-bond donors (Lipinski definition) is 0. The molecule has 2 aromatic carbocycles. The highest BCUT2D eigenvalue weighted by Gasteiger charge is 2.40. The third kappa shape index (κ3) is 4.74. The number of amides is 2. The van der Waals surface area contributed by atoms with E-state index in [0.29, 0.717) is 38.9 Å². The largest absolute Gasteiger partial charge is 0.341 e. The summed E-state index contributed by atoms with van der Waals surface area (Å²) in [6, 6.07) is 15.1. The van der Waals surface area contributed by atoms with Crippen LogP contribution in [-0.4, -0.2) is 55.6 Å². The highest BCUT2D eigenvalue weighted by atomic mass is 32.2. The molecule has 2 heterocycles. The lowest BCUT2D eigenvalue weighted by Gasteiger charge is -2.32. The smallest absolute Gasteiger partial charge is 0.243 e. The second-order valence-electron chi connectivity index (χ2n) is 10.2. The van der Waals surface area contributed by atoms with E-state index >= 15 is 0 Å². The number of carbonyl (C=O) groups is 2. The fourth-order valence-electron chi connectivity index (χ4n) is 5.37. The Kier molecular flexibility index (Phi) is 6.44. The number of anilines is 1. The Morgan fingerprint density at radius 2 is 1.66 bits per heavy atom. The Balaban J connectivity index is 1.23. The van der Waals surface area contributed by atoms with E-state index in [0.717, 1.165) is 29.7 Å². The normalized spacial score (nSPS) is 21.1. The van der Waals surface area contributed by atoms with Crippen LogP contribution in [0.25, 0.3) is 0 Å². The van der Waals surface area contributed by atoms with Gasteiger partial charge in [-0.05, 0) is 68.4 Å². The summed E-state index contributed by atoms with van der Waals surface area (Å²) in [7, 11) is -1.85. The molecule has 0 unspecified atom stereocenters. The Morgan fingerprint density at radius 3 is 2.31 bits per heavy atom. The molecule has 2 aromatic rings. The van der Waals surface area contributed by atoms with Gasteiger partial charge in [0.25, 0.3) is 0 Å². The maximum Gasteiger partial charge on any atom is 0.243 e. The first-order valence-corrected chi connectivity index (χ1v) is 13.9. The fourth-order valence-corrected chi connectivity index (χ4v) is 6.89. The summed E-state index contributed by atoms with van der Waals surface area (Å²) in [5.41, 5.74) is 2.84. The lowest BCUT2D eigenvalue weighted by molar-refractivity contribution is -0.136. The van der Waals surface area contributed by atoms with E-state index in [-0.39, 0.29) is 34.6 Å². The van der Waals surface area contributed by atoms with Gasteiger partial charge in [0.2, 0.25) is 21.8 Å². The summed E-state index contributed by atoms with van der Waals surface area (Å²) >= 11 is 0. The van der Waals surface area contributed by atoms with Crippen LogP contribution < -0.4 is 4.90 Å². The van der Waals surface area contributed by atoms with Crippen LogP contribution in [0.15, 0.2) is 53.4 Å². The number of hydrogen-bond acceptors (Lipinski definition) is 4. The predicted octanol–water partition coefficient (Wildman–Crippen LogP) is 3.43. The second kappa shape index (κ2) is 9.39. The Labute approximate surface area is 207 Å². The predicted molar refractivity (Wildman–Crippen MR) is 134 cm³/mol. The van der Waals surface area contributed by atoms with Crippen molar-refractivity contribution in [3.05, 3.63) is 59.7 Å². The van der Waals surface area contributed by atoms with Gasteiger partial charge < -0.3 is 9.80 Å². The standard InChI is InChI=1S/C27H33N3O4S/c1-19-16-23-17-24(10-11-25(23)30(19)27(32)21-8-9-21)35(33,34)29-14-12-22(13-15-29)26(31)28(2)18-20-6-4-3-5-7-20/h3-7,10-11,17,19,21-22H,8-9,12-16,18H2,1-2H3/t19-/m1/s1. The maximum absolute atomic E-state index is 13.4. The molecule has 2 fully saturated rings. The molecule has 1 atom stereocenters. The minimum Gasteiger partial charge on any atom is -0.341 e. The number of benzene rings is 2. The zero-order valence-corrected chi connectivity index (χ0v) is 21.2. The van der Waals surface area contributed by atoms with E-state index in [1.54, 1.807) is 30.1 Å². The third-order valence-corrected chi connectivity index (χ3v) is 9.40. The second-order valence-corrected chi connectivity index (χ2v) is 12.1. The van der Waals surface area contributed by atoms with Crippen LogP contribution in [0, 0.1) is 11.8 Å². The first-order chi connectivity index (χ1) is 16.8. The van der Waals surface area contributed by atoms with Gasteiger partial charge in [0.05, 0.1) is 4.90 Å². The molecule has 2 aliphatic heterocycles. The van der Waals surface area contributed by atoms with Crippen molar-refractivity contribution in [1.82, 2.24) is 9.21 Å². The molecule has 8 heteroatoms. The summed E-state index contributed by atoms with van der Waals surface area (Å²) in [6.07, 6.45) is 3.60. The van der Waals surface area contributed by atoms with E-state index in [1.807, 2.05) is 42.2 Å². The van der Waals surface area contributed by atoms with Crippen molar-refractivity contribution in [2.45, 2.75) is 56.5 Å². The molecule has 35 heavy (non-hydrogen) atoms. The van der Waals surface area contributed by atoms with Crippen LogP contribution in [0.5, 0.6) is 0 Å². The number of sulfonamides is 1. The molecular formula is C27H33N3O4S. The van der Waals surface area contributed by atoms with E-state index in [2.05, 4.69) is 0 Å². The van der Waals surface area contributed by atoms with Crippen molar-refractivity contribution in [1.29, 1.82) is 0 Å². The van der Waals surface area contributed by atoms with Gasteiger partial charge in [-0.3, -0.25) is 9.59 Å². The molecule has 1 saturated heterocycles. The van der Waals surface area contributed by atoms with Gasteiger partial charge in [-0.15, -0.1) is 0 Å². The van der Waals surface area contributed by atoms with Crippen LogP contribution in [0.2, 0.25) is 0 Å². The molecule has 1 saturated carbocycles. The van der Waals surface area contributed by atoms with Gasteiger partial charge in [-0.2, -0.15) is 4.31 Å². The van der Waals surface area contributed by atoms with Gasteiger partial charge in [-0.25, -0.2) is 8.42 Å². The van der Waals surface area contributed by atoms with Gasteiger partial charge in [0, 0.05) is 50.2 Å². The molecule has 0 N–H and O–H groups in total. The van der Waals surface area contributed by atoms with Crippen molar-refractivity contribution < 1.29 is 18.0 Å². The van der Waals surface area contributed by atoms with Crippen LogP contribution in [0.1, 0.15) is 43.7 Å². The molecule has 7 nitrogen and oxygen atoms in total. The van der Waals surface area contributed by atoms with Crippen molar-refractivity contribution in [2.75, 3.05) is 25.0 Å². The molecule has 0 aromatic heterocycles. The van der Waals surface area contributed by atoms with Crippen molar-refractivity contribution in [2.24, 2.45) is 11.8 Å². The van der Waals surface area contributed by atoms with Crippen molar-refractivity contribution in [3.63, 3.8) is 0 Å². The minimum atomic E-state index is -3.66. The highest BCUT2D eigenvalue weighted by molar-refractivity contribution is 7.89. The zero-order valence-electron chi connectivity index (χ0n) is 20.4. The van der Waals surface area contributed by atoms with Gasteiger partial charge in [-0.1, -0.05) is 30.3 Å². The zero-order chi connectivity index (χ0) is 24.7. The molecule has 186 valence electrons. The Hall–Kier alpha value is -2.71. The summed E-state index contributed by atoms with van der Waals surface area (Å²) < 4.78 is 28.3. The van der Waals surface area contributed by atoms with Crippen LogP contribution in [-0.2, 0) is 32.6 Å². The summed E-state index contributed by atoms with van der Waals surface area (Å²) in [6.45, 7) is 3.23. The van der Waals surface area contributed by atoms with E-state index in [1.165, 1.54) is 4.31 Å². The number of rotatable bonds is 6. The maximum atomic E-state index is 13.4. The van der Waals surface area contributed by atoms with Crippen LogP contribution in [0.4, 0.5) is 5.69 Å². The number of piperidine rings is 1. The van der Waals surface area contributed by atoms with Gasteiger partial charge in [0.1, 0.15) is 0 Å². The Morgan fingerprint density at radius 1 is 0.971 bits per heavy atom. The van der Waals surface area contributed by atoms with Crippen molar-refractivity contribution in [3.8, 4) is 0 Å². The average molecular weight is 496 g/mol. The quantitative estimate of drug-likeness (QED) is 0.615. The molecule has 5 rings (SSSR count). The fraction of sp³-hybridized carbons (Fsp3) is 0.481. The first kappa shape index (κ1) is 24.0. The minimum absolute atomic E-state index is 0.0469. The lowest BCUT2D eigenvalue weighted by Crippen LogP contribution is -2.43. The summed E-state index contributed by atoms with van der Waals surface area (Å²) in [5, 5.41) is 0. The number of carbonyl (C=O) groups excluding carboxylic acids is 2. The Bertz CT molecular complexity index is 1220. The molecule has 3 aliphatic rings. The van der Waals surface area contributed by atoms with Gasteiger partial charge in [0.15, 0.2) is 0 Å². The molecule has 0 radical (unpaired) electrons. The average Bonchev–Trinajstić information content (AvgIpc) is 3.65. The lowest BCUT2D eigenvalue weighted by atomic mass is 9.96. The number of nitrogens with zero attached hydrogens (tertiary/aromatic N) is 3. The van der Waals surface area contributed by atoms with E-state index in [4.69, 9.17) is 0 Å². The summed E-state index contributed by atoms with van der Waals surface area (Å²) in [4.78, 5) is 29.5. The van der Waals surface area contributed by atoms with E-state index in [9.17, 15) is 18.0 Å². The molecule has 0 bridgehead atoms. The van der Waals surface area contributed by atoms with Crippen LogP contribution in [0.3, 0.4) is 0 Å². The van der Waals surface area contributed by atoms with E-state index < -0.39 is 10.0 Å². The van der Waals surface area contributed by atoms with Gasteiger partial charge >= 0.3 is 0 Å². The SMILES string of the molecule is C[C@@H]1Cc2cc(S(=O)(=O)N3CCC(C(=O)N(C)Cc4ccccc4)CC3)ccc2N1C(=O)C1CC1. The molecule has 2 amide bonds. The third-order valence-electron chi connectivity index (χ3n) is 7.51. The number of fused-ring (bicyclic) bond motifs is 1.